The van der Waals surface area contributed by atoms with Gasteiger partial charge in [0.25, 0.3) is 0 Å². The number of hydrogen-bond acceptors (Lipinski definition) is 7. The van der Waals surface area contributed by atoms with Crippen LogP contribution in [0.3, 0.4) is 0 Å². The highest BCUT2D eigenvalue weighted by molar-refractivity contribution is 7.89. The molecular formula is C22H26N2O7S. The first-order valence-electron chi connectivity index (χ1n) is 9.86. The third-order valence-electron chi connectivity index (χ3n) is 4.85. The highest BCUT2D eigenvalue weighted by Gasteiger charge is 2.29. The van der Waals surface area contributed by atoms with E-state index in [2.05, 4.69) is 5.32 Å². The first-order chi connectivity index (χ1) is 15.4. The SMILES string of the molecule is COc1ccc(/C=C/C(=O)Nc2ccc(OC)c(S(=O)(=O)N3CCOCC3)c2)cc1OC. The third-order valence-corrected chi connectivity index (χ3v) is 6.77. The van der Waals surface area contributed by atoms with Crippen molar-refractivity contribution in [2.45, 2.75) is 4.90 Å². The molecule has 1 heterocycles. The molecule has 0 aromatic heterocycles. The molecule has 10 heteroatoms. The van der Waals surface area contributed by atoms with Crippen LogP contribution in [0.1, 0.15) is 5.56 Å². The fraction of sp³-hybridized carbons (Fsp3) is 0.318. The zero-order valence-electron chi connectivity index (χ0n) is 18.2. The van der Waals surface area contributed by atoms with Gasteiger partial charge in [-0.1, -0.05) is 6.07 Å². The molecule has 0 aliphatic carbocycles. The number of methoxy groups -OCH3 is 3. The van der Waals surface area contributed by atoms with Gasteiger partial charge in [0.05, 0.1) is 34.5 Å². The standard InChI is InChI=1S/C22H26N2O7S/c1-28-18-7-4-16(14-20(18)30-3)5-9-22(25)23-17-6-8-19(29-2)21(15-17)32(26,27)24-10-12-31-13-11-24/h4-9,14-15H,10-13H2,1-3H3,(H,23,25)/b9-5+. The number of nitrogens with zero attached hydrogens (tertiary/aromatic N) is 1. The molecule has 0 radical (unpaired) electrons. The van der Waals surface area contributed by atoms with Crippen molar-refractivity contribution in [3.05, 3.63) is 48.0 Å². The van der Waals surface area contributed by atoms with Crippen LogP contribution in [0.5, 0.6) is 17.2 Å². The van der Waals surface area contributed by atoms with Crippen LogP contribution in [0.4, 0.5) is 5.69 Å². The molecule has 2 aromatic carbocycles. The molecule has 2 aromatic rings. The Balaban J connectivity index is 1.78. The smallest absolute Gasteiger partial charge is 0.248 e. The van der Waals surface area contributed by atoms with Gasteiger partial charge in [-0.05, 0) is 42.0 Å². The number of carbonyl (C=O) groups excluding carboxylic acids is 1. The summed E-state index contributed by atoms with van der Waals surface area (Å²) in [5.74, 6) is 0.916. The molecule has 1 fully saturated rings. The average Bonchev–Trinajstić information content (AvgIpc) is 2.83. The van der Waals surface area contributed by atoms with E-state index in [1.165, 1.54) is 36.7 Å². The third kappa shape index (κ3) is 5.39. The van der Waals surface area contributed by atoms with Gasteiger partial charge in [0.2, 0.25) is 15.9 Å². The zero-order valence-corrected chi connectivity index (χ0v) is 19.0. The summed E-state index contributed by atoms with van der Waals surface area (Å²) in [6, 6.07) is 9.75. The lowest BCUT2D eigenvalue weighted by molar-refractivity contribution is -0.111. The first-order valence-corrected chi connectivity index (χ1v) is 11.3. The van der Waals surface area contributed by atoms with E-state index in [1.54, 1.807) is 37.5 Å². The summed E-state index contributed by atoms with van der Waals surface area (Å²) in [6.07, 6.45) is 2.97. The summed E-state index contributed by atoms with van der Waals surface area (Å²) in [5, 5.41) is 2.69. The van der Waals surface area contributed by atoms with Crippen LogP contribution in [0, 0.1) is 0 Å². The second-order valence-electron chi connectivity index (χ2n) is 6.82. The lowest BCUT2D eigenvalue weighted by atomic mass is 10.2. The van der Waals surface area contributed by atoms with Crippen molar-refractivity contribution < 1.29 is 32.2 Å². The van der Waals surface area contributed by atoms with E-state index >= 15 is 0 Å². The maximum Gasteiger partial charge on any atom is 0.248 e. The topological polar surface area (TPSA) is 103 Å². The van der Waals surface area contributed by atoms with Crippen LogP contribution in [-0.2, 0) is 19.6 Å². The van der Waals surface area contributed by atoms with Crippen molar-refractivity contribution in [3.63, 3.8) is 0 Å². The molecule has 32 heavy (non-hydrogen) atoms. The summed E-state index contributed by atoms with van der Waals surface area (Å²) in [6.45, 7) is 1.18. The van der Waals surface area contributed by atoms with E-state index in [-0.39, 0.29) is 23.7 Å². The number of rotatable bonds is 8. The Morgan fingerprint density at radius 2 is 1.62 bits per heavy atom. The number of benzene rings is 2. The van der Waals surface area contributed by atoms with Gasteiger partial charge in [0.1, 0.15) is 10.6 Å². The Morgan fingerprint density at radius 1 is 0.969 bits per heavy atom. The maximum absolute atomic E-state index is 13.1. The number of anilines is 1. The molecule has 1 aliphatic heterocycles. The zero-order chi connectivity index (χ0) is 23.1. The van der Waals surface area contributed by atoms with Gasteiger partial charge < -0.3 is 24.3 Å². The fourth-order valence-corrected chi connectivity index (χ4v) is 4.78. The Bertz CT molecular complexity index is 1090. The van der Waals surface area contributed by atoms with Crippen LogP contribution in [0.25, 0.3) is 6.08 Å². The minimum Gasteiger partial charge on any atom is -0.495 e. The first kappa shape index (κ1) is 23.6. The number of hydrogen-bond donors (Lipinski definition) is 1. The van der Waals surface area contributed by atoms with Gasteiger partial charge in [0, 0.05) is 24.9 Å². The van der Waals surface area contributed by atoms with E-state index in [1.807, 2.05) is 0 Å². The number of morpholine rings is 1. The molecule has 3 rings (SSSR count). The van der Waals surface area contributed by atoms with Gasteiger partial charge in [-0.2, -0.15) is 4.31 Å². The van der Waals surface area contributed by atoms with Crippen LogP contribution < -0.4 is 19.5 Å². The minimum atomic E-state index is -3.80. The molecule has 0 saturated carbocycles. The van der Waals surface area contributed by atoms with Crippen molar-refractivity contribution in [3.8, 4) is 17.2 Å². The Labute approximate surface area is 187 Å². The second kappa shape index (κ2) is 10.5. The molecule has 1 amide bonds. The van der Waals surface area contributed by atoms with Crippen molar-refractivity contribution in [1.82, 2.24) is 4.31 Å². The van der Waals surface area contributed by atoms with E-state index in [0.29, 0.717) is 30.4 Å². The second-order valence-corrected chi connectivity index (χ2v) is 8.73. The van der Waals surface area contributed by atoms with Crippen molar-refractivity contribution >= 4 is 27.7 Å². The molecule has 172 valence electrons. The fourth-order valence-electron chi connectivity index (χ4n) is 3.19. The summed E-state index contributed by atoms with van der Waals surface area (Å²) in [4.78, 5) is 12.4. The summed E-state index contributed by atoms with van der Waals surface area (Å²) in [5.41, 5.74) is 1.07. The minimum absolute atomic E-state index is 0.0106. The molecule has 0 spiro atoms. The van der Waals surface area contributed by atoms with E-state index in [0.717, 1.165) is 5.56 Å². The van der Waals surface area contributed by atoms with Crippen molar-refractivity contribution in [2.24, 2.45) is 0 Å². The van der Waals surface area contributed by atoms with E-state index < -0.39 is 15.9 Å². The predicted octanol–water partition coefficient (Wildman–Crippen LogP) is 2.39. The number of ether oxygens (including phenoxy) is 4. The molecule has 1 saturated heterocycles. The number of carbonyl (C=O) groups is 1. The van der Waals surface area contributed by atoms with Crippen LogP contribution in [0.2, 0.25) is 0 Å². The lowest BCUT2D eigenvalue weighted by Crippen LogP contribution is -2.40. The molecule has 1 N–H and O–H groups in total. The number of nitrogens with one attached hydrogen (secondary N) is 1. The average molecular weight is 463 g/mol. The van der Waals surface area contributed by atoms with Crippen LogP contribution in [0.15, 0.2) is 47.4 Å². The highest BCUT2D eigenvalue weighted by atomic mass is 32.2. The normalized spacial score (nSPS) is 14.8. The molecule has 0 bridgehead atoms. The molecule has 0 unspecified atom stereocenters. The Kier molecular flexibility index (Phi) is 7.73. The van der Waals surface area contributed by atoms with E-state index in [4.69, 9.17) is 18.9 Å². The monoisotopic (exact) mass is 462 g/mol. The number of amides is 1. The summed E-state index contributed by atoms with van der Waals surface area (Å²) in [7, 11) is 0.678. The maximum atomic E-state index is 13.1. The van der Waals surface area contributed by atoms with Crippen LogP contribution in [-0.4, -0.2) is 66.3 Å². The van der Waals surface area contributed by atoms with Gasteiger partial charge in [-0.3, -0.25) is 4.79 Å². The van der Waals surface area contributed by atoms with Crippen molar-refractivity contribution in [1.29, 1.82) is 0 Å². The largest absolute Gasteiger partial charge is 0.495 e. The van der Waals surface area contributed by atoms with Gasteiger partial charge in [-0.25, -0.2) is 8.42 Å². The predicted molar refractivity (Wildman–Crippen MR) is 120 cm³/mol. The quantitative estimate of drug-likeness (QED) is 0.601. The Morgan fingerprint density at radius 3 is 2.28 bits per heavy atom. The number of sulfonamides is 1. The van der Waals surface area contributed by atoms with Gasteiger partial charge >= 0.3 is 0 Å². The van der Waals surface area contributed by atoms with Gasteiger partial charge in [-0.15, -0.1) is 0 Å². The van der Waals surface area contributed by atoms with E-state index in [9.17, 15) is 13.2 Å². The molecule has 1 aliphatic rings. The molecule has 9 nitrogen and oxygen atoms in total. The summed E-state index contributed by atoms with van der Waals surface area (Å²) >= 11 is 0. The van der Waals surface area contributed by atoms with Crippen LogP contribution >= 0.6 is 0 Å². The highest BCUT2D eigenvalue weighted by Crippen LogP contribution is 2.30. The summed E-state index contributed by atoms with van der Waals surface area (Å²) < 4.78 is 48.4. The Hall–Kier alpha value is -3.08. The lowest BCUT2D eigenvalue weighted by Gasteiger charge is -2.26. The van der Waals surface area contributed by atoms with Crippen molar-refractivity contribution in [2.75, 3.05) is 52.9 Å². The van der Waals surface area contributed by atoms with Gasteiger partial charge in [0.15, 0.2) is 11.5 Å². The molecule has 0 atom stereocenters. The molecular weight excluding hydrogens is 436 g/mol.